The molecule has 0 fully saturated rings. The maximum absolute atomic E-state index is 5.15. The average molecular weight is 210 g/mol. The van der Waals surface area contributed by atoms with Crippen LogP contribution in [0.1, 0.15) is 0 Å². The minimum Gasteiger partial charge on any atom is -0.297 e. The van der Waals surface area contributed by atoms with Crippen LogP contribution in [0.15, 0.2) is 30.3 Å². The smallest absolute Gasteiger partial charge is 0.0902 e. The quantitative estimate of drug-likeness (QED) is 0.535. The summed E-state index contributed by atoms with van der Waals surface area (Å²) < 4.78 is 1.84. The zero-order valence-corrected chi connectivity index (χ0v) is 7.58. The van der Waals surface area contributed by atoms with E-state index in [0.717, 1.165) is 5.69 Å². The van der Waals surface area contributed by atoms with Gasteiger partial charge in [-0.25, -0.2) is 0 Å². The van der Waals surface area contributed by atoms with Crippen molar-refractivity contribution in [1.82, 2.24) is 0 Å². The first-order chi connectivity index (χ1) is 5.34. The van der Waals surface area contributed by atoms with E-state index >= 15 is 0 Å². The van der Waals surface area contributed by atoms with Crippen LogP contribution in [0.2, 0.25) is 0 Å². The van der Waals surface area contributed by atoms with Crippen molar-refractivity contribution < 1.29 is 0 Å². The minimum atomic E-state index is 0.573. The molecule has 2 heteroatoms. The Kier molecular flexibility index (Phi) is 3.00. The molecule has 0 radical (unpaired) electrons. The van der Waals surface area contributed by atoms with E-state index in [1.807, 2.05) is 34.3 Å². The third-order valence-corrected chi connectivity index (χ3v) is 1.93. The monoisotopic (exact) mass is 209 g/mol. The van der Waals surface area contributed by atoms with Crippen LogP contribution < -0.4 is 3.93 Å². The van der Waals surface area contributed by atoms with Crippen LogP contribution in [0, 0.1) is 12.3 Å². The first-order valence-corrected chi connectivity index (χ1v) is 3.97. The van der Waals surface area contributed by atoms with Gasteiger partial charge in [-0.1, -0.05) is 24.1 Å². The molecule has 0 aromatic heterocycles. The maximum atomic E-state index is 5.15. The predicted molar refractivity (Wildman–Crippen MR) is 51.5 cm³/mol. The van der Waals surface area contributed by atoms with E-state index < -0.39 is 0 Å². The van der Waals surface area contributed by atoms with Crippen molar-refractivity contribution >= 4 is 21.8 Å². The number of hydrogen-bond donors (Lipinski definition) is 0. The average Bonchev–Trinajstić information content (AvgIpc) is 2.07. The predicted octanol–water partition coefficient (Wildman–Crippen LogP) is 2.44. The van der Waals surface area contributed by atoms with E-state index in [1.165, 1.54) is 0 Å². The second-order valence-electron chi connectivity index (χ2n) is 2.06. The summed E-state index contributed by atoms with van der Waals surface area (Å²) >= 11 is 3.34. The highest BCUT2D eigenvalue weighted by molar-refractivity contribution is 9.10. The second kappa shape index (κ2) is 4.05. The summed E-state index contributed by atoms with van der Waals surface area (Å²) in [6.07, 6.45) is 5.15. The molecule has 0 saturated carbocycles. The fourth-order valence-electron chi connectivity index (χ4n) is 0.761. The van der Waals surface area contributed by atoms with Gasteiger partial charge in [-0.2, -0.15) is 0 Å². The Balaban J connectivity index is 2.70. The SMILES string of the molecule is C#CCN(Br)c1ccccc1. The lowest BCUT2D eigenvalue weighted by atomic mass is 10.3. The lowest BCUT2D eigenvalue weighted by Crippen LogP contribution is -2.08. The molecule has 0 aliphatic carbocycles. The van der Waals surface area contributed by atoms with Gasteiger partial charge in [-0.05, 0) is 12.1 Å². The van der Waals surface area contributed by atoms with Crippen LogP contribution in [0.25, 0.3) is 0 Å². The molecule has 1 rings (SSSR count). The van der Waals surface area contributed by atoms with Gasteiger partial charge < -0.3 is 0 Å². The van der Waals surface area contributed by atoms with Crippen LogP contribution in [-0.2, 0) is 0 Å². The first-order valence-electron chi connectivity index (χ1n) is 3.26. The van der Waals surface area contributed by atoms with E-state index in [4.69, 9.17) is 6.42 Å². The van der Waals surface area contributed by atoms with Crippen molar-refractivity contribution in [1.29, 1.82) is 0 Å². The Labute approximate surface area is 75.4 Å². The second-order valence-corrected chi connectivity index (χ2v) is 2.92. The number of terminal acetylenes is 1. The molecule has 1 aromatic carbocycles. The normalized spacial score (nSPS) is 8.73. The van der Waals surface area contributed by atoms with Gasteiger partial charge in [0, 0.05) is 5.69 Å². The Hall–Kier alpha value is -0.940. The Morgan fingerprint density at radius 2 is 2.00 bits per heavy atom. The van der Waals surface area contributed by atoms with Gasteiger partial charge in [-0.3, -0.25) is 3.93 Å². The van der Waals surface area contributed by atoms with Crippen molar-refractivity contribution in [2.45, 2.75) is 0 Å². The minimum absolute atomic E-state index is 0.573. The fourth-order valence-corrected chi connectivity index (χ4v) is 1.14. The summed E-state index contributed by atoms with van der Waals surface area (Å²) in [4.78, 5) is 0. The molecule has 0 N–H and O–H groups in total. The lowest BCUT2D eigenvalue weighted by Gasteiger charge is -2.11. The number of rotatable bonds is 2. The van der Waals surface area contributed by atoms with Gasteiger partial charge in [0.15, 0.2) is 0 Å². The number of hydrogen-bond acceptors (Lipinski definition) is 1. The van der Waals surface area contributed by atoms with Crippen LogP contribution in [0.5, 0.6) is 0 Å². The van der Waals surface area contributed by atoms with Crippen LogP contribution in [0.4, 0.5) is 5.69 Å². The highest BCUT2D eigenvalue weighted by Gasteiger charge is 1.96. The molecule has 11 heavy (non-hydrogen) atoms. The van der Waals surface area contributed by atoms with Crippen molar-refractivity contribution in [3.8, 4) is 12.3 Å². The van der Waals surface area contributed by atoms with Crippen molar-refractivity contribution in [2.75, 3.05) is 10.5 Å². The highest BCUT2D eigenvalue weighted by Crippen LogP contribution is 2.15. The molecule has 0 amide bonds. The summed E-state index contributed by atoms with van der Waals surface area (Å²) in [5.41, 5.74) is 1.07. The molecular formula is C9H8BrN. The van der Waals surface area contributed by atoms with Gasteiger partial charge in [0.2, 0.25) is 0 Å². The van der Waals surface area contributed by atoms with Crippen LogP contribution >= 0.6 is 16.1 Å². The molecule has 0 atom stereocenters. The first kappa shape index (κ1) is 8.16. The van der Waals surface area contributed by atoms with Crippen molar-refractivity contribution in [3.63, 3.8) is 0 Å². The highest BCUT2D eigenvalue weighted by atomic mass is 79.9. The van der Waals surface area contributed by atoms with Crippen molar-refractivity contribution in [2.24, 2.45) is 0 Å². The van der Waals surface area contributed by atoms with Gasteiger partial charge >= 0.3 is 0 Å². The summed E-state index contributed by atoms with van der Waals surface area (Å²) in [5, 5.41) is 0. The number of para-hydroxylation sites is 1. The summed E-state index contributed by atoms with van der Waals surface area (Å²) in [6.45, 7) is 0.573. The number of nitrogens with zero attached hydrogens (tertiary/aromatic N) is 1. The van der Waals surface area contributed by atoms with Gasteiger partial charge in [0.1, 0.15) is 0 Å². The van der Waals surface area contributed by atoms with E-state index in [9.17, 15) is 0 Å². The third-order valence-electron chi connectivity index (χ3n) is 1.27. The van der Waals surface area contributed by atoms with Crippen molar-refractivity contribution in [3.05, 3.63) is 30.3 Å². The van der Waals surface area contributed by atoms with Crippen LogP contribution in [-0.4, -0.2) is 6.54 Å². The zero-order chi connectivity index (χ0) is 8.10. The summed E-state index contributed by atoms with van der Waals surface area (Å²) in [6, 6.07) is 9.90. The Morgan fingerprint density at radius 1 is 1.36 bits per heavy atom. The molecule has 56 valence electrons. The molecule has 0 saturated heterocycles. The fraction of sp³-hybridized carbons (Fsp3) is 0.111. The number of benzene rings is 1. The lowest BCUT2D eigenvalue weighted by molar-refractivity contribution is 1.27. The van der Waals surface area contributed by atoms with Gasteiger partial charge in [-0.15, -0.1) is 6.42 Å². The topological polar surface area (TPSA) is 3.24 Å². The van der Waals surface area contributed by atoms with E-state index in [0.29, 0.717) is 6.54 Å². The van der Waals surface area contributed by atoms with E-state index in [-0.39, 0.29) is 0 Å². The van der Waals surface area contributed by atoms with Gasteiger partial charge in [0.25, 0.3) is 0 Å². The molecule has 0 spiro atoms. The molecule has 1 nitrogen and oxygen atoms in total. The molecule has 0 aliphatic rings. The Bertz CT molecular complexity index is 250. The molecule has 0 aliphatic heterocycles. The molecule has 0 heterocycles. The largest absolute Gasteiger partial charge is 0.297 e. The standard InChI is InChI=1S/C9H8BrN/c1-2-8-11(10)9-6-4-3-5-7-9/h1,3-7H,8H2. The summed E-state index contributed by atoms with van der Waals surface area (Å²) in [5.74, 6) is 2.54. The molecule has 1 aromatic rings. The zero-order valence-electron chi connectivity index (χ0n) is 6.00. The van der Waals surface area contributed by atoms with E-state index in [1.54, 1.807) is 0 Å². The Morgan fingerprint density at radius 3 is 2.55 bits per heavy atom. The van der Waals surface area contributed by atoms with Crippen LogP contribution in [0.3, 0.4) is 0 Å². The van der Waals surface area contributed by atoms with Gasteiger partial charge in [0.05, 0.1) is 22.7 Å². The molecule has 0 bridgehead atoms. The molecule has 0 unspecified atom stereocenters. The number of anilines is 1. The van der Waals surface area contributed by atoms with E-state index in [2.05, 4.69) is 22.1 Å². The molecular weight excluding hydrogens is 202 g/mol. The third kappa shape index (κ3) is 2.28. The maximum Gasteiger partial charge on any atom is 0.0902 e. The summed E-state index contributed by atoms with van der Waals surface area (Å²) in [7, 11) is 0. The number of halogens is 1.